The van der Waals surface area contributed by atoms with E-state index in [-0.39, 0.29) is 11.8 Å². The van der Waals surface area contributed by atoms with Crippen molar-refractivity contribution in [3.63, 3.8) is 0 Å². The molecule has 1 amide bonds. The number of unbranched alkanes of at least 4 members (excludes halogenated alkanes) is 1. The summed E-state index contributed by atoms with van der Waals surface area (Å²) in [6, 6.07) is 9.63. The van der Waals surface area contributed by atoms with Gasteiger partial charge in [-0.05, 0) is 44.5 Å². The van der Waals surface area contributed by atoms with Crippen LogP contribution in [0.15, 0.2) is 34.9 Å². The summed E-state index contributed by atoms with van der Waals surface area (Å²) in [6.45, 7) is 4.57. The molecule has 1 saturated heterocycles. The molecule has 2 heterocycles. The van der Waals surface area contributed by atoms with Crippen molar-refractivity contribution in [3.05, 3.63) is 42.0 Å². The molecule has 0 radical (unpaired) electrons. The molecule has 3 rings (SSSR count). The maximum Gasteiger partial charge on any atom is 0.240 e. The fourth-order valence-electron chi connectivity index (χ4n) is 3.10. The lowest BCUT2D eigenvalue weighted by Gasteiger charge is -2.30. The fourth-order valence-corrected chi connectivity index (χ4v) is 3.10. The molecule has 1 fully saturated rings. The molecule has 1 aromatic heterocycles. The number of carbonyl (C=O) groups excluding carboxylic acids is 1. The monoisotopic (exact) mass is 342 g/mol. The van der Waals surface area contributed by atoms with Crippen molar-refractivity contribution in [2.75, 3.05) is 18.4 Å². The smallest absolute Gasteiger partial charge is 0.240 e. The van der Waals surface area contributed by atoms with Gasteiger partial charge in [0.1, 0.15) is 0 Å². The van der Waals surface area contributed by atoms with Gasteiger partial charge in [-0.3, -0.25) is 9.69 Å². The molecule has 1 aromatic carbocycles. The lowest BCUT2D eigenvalue weighted by molar-refractivity contribution is -0.121. The minimum Gasteiger partial charge on any atom is -0.338 e. The Kier molecular flexibility index (Phi) is 6.17. The second kappa shape index (κ2) is 8.76. The quantitative estimate of drug-likeness (QED) is 0.836. The summed E-state index contributed by atoms with van der Waals surface area (Å²) >= 11 is 0. The number of aryl methyl sites for hydroxylation is 1. The third kappa shape index (κ3) is 5.13. The van der Waals surface area contributed by atoms with Crippen LogP contribution in [0.3, 0.4) is 0 Å². The number of nitrogens with one attached hydrogen (secondary N) is 1. The first-order valence-electron chi connectivity index (χ1n) is 9.14. The van der Waals surface area contributed by atoms with Crippen LogP contribution in [0.4, 0.5) is 5.69 Å². The summed E-state index contributed by atoms with van der Waals surface area (Å²) in [5, 5.41) is 7.03. The molecule has 6 nitrogen and oxygen atoms in total. The zero-order valence-corrected chi connectivity index (χ0v) is 14.8. The number of nitrogens with zero attached hydrogens (tertiary/aromatic N) is 3. The number of amides is 1. The Morgan fingerprint density at radius 3 is 2.76 bits per heavy atom. The molecule has 25 heavy (non-hydrogen) atoms. The van der Waals surface area contributed by atoms with Gasteiger partial charge in [0.25, 0.3) is 0 Å². The van der Waals surface area contributed by atoms with Gasteiger partial charge in [-0.1, -0.05) is 36.7 Å². The highest BCUT2D eigenvalue weighted by Crippen LogP contribution is 2.20. The van der Waals surface area contributed by atoms with Crippen molar-refractivity contribution in [2.45, 2.75) is 45.6 Å². The average Bonchev–Trinajstić information content (AvgIpc) is 3.08. The van der Waals surface area contributed by atoms with Gasteiger partial charge in [0.2, 0.25) is 11.8 Å². The number of hydrogen-bond acceptors (Lipinski definition) is 5. The standard InChI is InChI=1S/C19H26N4O2/c1-2-3-9-17-21-18(25-22-17)14-23-12-10-15(11-13-23)19(24)20-16-7-5-4-6-8-16/h4-8,15H,2-3,9-14H2,1H3,(H,20,24). The van der Waals surface area contributed by atoms with Crippen LogP contribution >= 0.6 is 0 Å². The molecule has 1 aliphatic heterocycles. The second-order valence-electron chi connectivity index (χ2n) is 6.61. The predicted octanol–water partition coefficient (Wildman–Crippen LogP) is 3.26. The van der Waals surface area contributed by atoms with E-state index in [9.17, 15) is 4.79 Å². The van der Waals surface area contributed by atoms with E-state index in [1.807, 2.05) is 30.3 Å². The molecule has 0 bridgehead atoms. The highest BCUT2D eigenvalue weighted by Gasteiger charge is 2.26. The van der Waals surface area contributed by atoms with Gasteiger partial charge in [-0.25, -0.2) is 0 Å². The highest BCUT2D eigenvalue weighted by molar-refractivity contribution is 5.92. The molecule has 0 unspecified atom stereocenters. The molecule has 2 aromatic rings. The molecule has 134 valence electrons. The van der Waals surface area contributed by atoms with Crippen molar-refractivity contribution in [1.82, 2.24) is 15.0 Å². The van der Waals surface area contributed by atoms with E-state index in [0.29, 0.717) is 12.4 Å². The lowest BCUT2D eigenvalue weighted by atomic mass is 9.96. The fraction of sp³-hybridized carbons (Fsp3) is 0.526. The van der Waals surface area contributed by atoms with Crippen molar-refractivity contribution in [2.24, 2.45) is 5.92 Å². The Labute approximate surface area is 148 Å². The van der Waals surface area contributed by atoms with Gasteiger partial charge in [0, 0.05) is 18.0 Å². The third-order valence-electron chi connectivity index (χ3n) is 4.62. The van der Waals surface area contributed by atoms with Gasteiger partial charge in [-0.15, -0.1) is 0 Å². The summed E-state index contributed by atoms with van der Waals surface area (Å²) in [5.41, 5.74) is 0.861. The van der Waals surface area contributed by atoms with Crippen LogP contribution < -0.4 is 5.32 Å². The Bertz CT molecular complexity index is 663. The van der Waals surface area contributed by atoms with Gasteiger partial charge < -0.3 is 9.84 Å². The molecular formula is C19H26N4O2. The second-order valence-corrected chi connectivity index (χ2v) is 6.61. The number of anilines is 1. The Morgan fingerprint density at radius 2 is 2.04 bits per heavy atom. The Balaban J connectivity index is 1.44. The lowest BCUT2D eigenvalue weighted by Crippen LogP contribution is -2.37. The normalized spacial score (nSPS) is 16.0. The van der Waals surface area contributed by atoms with Gasteiger partial charge in [0.05, 0.1) is 6.54 Å². The van der Waals surface area contributed by atoms with Crippen LogP contribution in [0.1, 0.15) is 44.3 Å². The van der Waals surface area contributed by atoms with Gasteiger partial charge >= 0.3 is 0 Å². The molecule has 0 saturated carbocycles. The zero-order chi connectivity index (χ0) is 17.5. The summed E-state index contributed by atoms with van der Waals surface area (Å²) < 4.78 is 5.34. The molecule has 0 spiro atoms. The summed E-state index contributed by atoms with van der Waals surface area (Å²) in [6.07, 6.45) is 4.80. The van der Waals surface area contributed by atoms with Crippen molar-refractivity contribution >= 4 is 11.6 Å². The number of benzene rings is 1. The third-order valence-corrected chi connectivity index (χ3v) is 4.62. The number of piperidine rings is 1. The van der Waals surface area contributed by atoms with Crippen molar-refractivity contribution < 1.29 is 9.32 Å². The van der Waals surface area contributed by atoms with E-state index in [0.717, 1.165) is 56.7 Å². The van der Waals surface area contributed by atoms with Gasteiger partial charge in [0.15, 0.2) is 5.82 Å². The van der Waals surface area contributed by atoms with Crippen LogP contribution in [0.25, 0.3) is 0 Å². The summed E-state index contributed by atoms with van der Waals surface area (Å²) in [5.74, 6) is 1.66. The minimum absolute atomic E-state index is 0.0688. The zero-order valence-electron chi connectivity index (χ0n) is 14.8. The Hall–Kier alpha value is -2.21. The number of likely N-dealkylation sites (tertiary alicyclic amines) is 1. The molecular weight excluding hydrogens is 316 g/mol. The van der Waals surface area contributed by atoms with Crippen LogP contribution in [0.2, 0.25) is 0 Å². The van der Waals surface area contributed by atoms with E-state index in [1.165, 1.54) is 0 Å². The molecule has 0 aliphatic carbocycles. The molecule has 1 N–H and O–H groups in total. The first-order chi connectivity index (χ1) is 12.2. The molecule has 1 aliphatic rings. The van der Waals surface area contributed by atoms with Crippen LogP contribution in [-0.2, 0) is 17.8 Å². The number of hydrogen-bond donors (Lipinski definition) is 1. The first-order valence-corrected chi connectivity index (χ1v) is 9.14. The van der Waals surface area contributed by atoms with E-state index in [2.05, 4.69) is 27.3 Å². The maximum absolute atomic E-state index is 12.4. The number of carbonyl (C=O) groups is 1. The number of para-hydroxylation sites is 1. The molecule has 0 atom stereocenters. The predicted molar refractivity (Wildman–Crippen MR) is 96.0 cm³/mol. The Morgan fingerprint density at radius 1 is 1.28 bits per heavy atom. The SMILES string of the molecule is CCCCc1noc(CN2CCC(C(=O)Nc3ccccc3)CC2)n1. The highest BCUT2D eigenvalue weighted by atomic mass is 16.5. The first kappa shape index (κ1) is 17.6. The van der Waals surface area contributed by atoms with Crippen molar-refractivity contribution in [3.8, 4) is 0 Å². The van der Waals surface area contributed by atoms with Crippen molar-refractivity contribution in [1.29, 1.82) is 0 Å². The van der Waals surface area contributed by atoms with E-state index < -0.39 is 0 Å². The van der Waals surface area contributed by atoms with E-state index in [4.69, 9.17) is 4.52 Å². The maximum atomic E-state index is 12.4. The number of aromatic nitrogens is 2. The number of rotatable bonds is 7. The molecule has 6 heteroatoms. The summed E-state index contributed by atoms with van der Waals surface area (Å²) in [4.78, 5) is 19.1. The topological polar surface area (TPSA) is 71.3 Å². The minimum atomic E-state index is 0.0688. The van der Waals surface area contributed by atoms with E-state index >= 15 is 0 Å². The van der Waals surface area contributed by atoms with Crippen LogP contribution in [-0.4, -0.2) is 34.0 Å². The largest absolute Gasteiger partial charge is 0.338 e. The van der Waals surface area contributed by atoms with Crippen LogP contribution in [0, 0.1) is 5.92 Å². The summed E-state index contributed by atoms with van der Waals surface area (Å²) in [7, 11) is 0. The van der Waals surface area contributed by atoms with E-state index in [1.54, 1.807) is 0 Å². The van der Waals surface area contributed by atoms with Gasteiger partial charge in [-0.2, -0.15) is 4.98 Å². The van der Waals surface area contributed by atoms with Crippen LogP contribution in [0.5, 0.6) is 0 Å². The average molecular weight is 342 g/mol.